The van der Waals surface area contributed by atoms with Gasteiger partial charge in [0.25, 0.3) is 5.91 Å². The zero-order valence-electron chi connectivity index (χ0n) is 14.4. The highest BCUT2D eigenvalue weighted by molar-refractivity contribution is 7.99. The highest BCUT2D eigenvalue weighted by atomic mass is 32.2. The molecule has 0 aromatic heterocycles. The first-order chi connectivity index (χ1) is 12.1. The Bertz CT molecular complexity index is 717. The molecule has 0 heterocycles. The second-order valence-electron chi connectivity index (χ2n) is 5.42. The number of ether oxygens (including phenoxy) is 1. The highest BCUT2D eigenvalue weighted by Gasteiger charge is 2.05. The quantitative estimate of drug-likeness (QED) is 0.712. The van der Waals surface area contributed by atoms with Crippen LogP contribution in [-0.2, 0) is 4.79 Å². The molecule has 2 N–H and O–H groups in total. The van der Waals surface area contributed by atoms with Crippen LogP contribution in [0.15, 0.2) is 48.5 Å². The van der Waals surface area contributed by atoms with Gasteiger partial charge in [0.05, 0.1) is 12.4 Å². The third kappa shape index (κ3) is 6.51. The third-order valence-corrected chi connectivity index (χ3v) is 4.30. The Hall–Kier alpha value is -2.47. The van der Waals surface area contributed by atoms with Crippen LogP contribution in [0, 0.1) is 6.92 Å². The molecule has 0 saturated carbocycles. The molecular formula is C19H22N2O3S. The van der Waals surface area contributed by atoms with Gasteiger partial charge in [0.1, 0.15) is 5.75 Å². The molecule has 132 valence electrons. The van der Waals surface area contributed by atoms with E-state index in [4.69, 9.17) is 4.74 Å². The molecule has 0 aliphatic carbocycles. The van der Waals surface area contributed by atoms with E-state index in [9.17, 15) is 9.59 Å². The van der Waals surface area contributed by atoms with E-state index in [0.717, 1.165) is 17.1 Å². The smallest absolute Gasteiger partial charge is 0.251 e. The maximum absolute atomic E-state index is 11.9. The zero-order chi connectivity index (χ0) is 18.1. The summed E-state index contributed by atoms with van der Waals surface area (Å²) in [5.41, 5.74) is 2.39. The van der Waals surface area contributed by atoms with Crippen LogP contribution in [0.3, 0.4) is 0 Å². The van der Waals surface area contributed by atoms with Crippen LogP contribution in [-0.4, -0.2) is 37.0 Å². The van der Waals surface area contributed by atoms with Crippen molar-refractivity contribution in [2.24, 2.45) is 0 Å². The maximum atomic E-state index is 11.9. The van der Waals surface area contributed by atoms with Crippen molar-refractivity contribution in [2.45, 2.75) is 6.92 Å². The van der Waals surface area contributed by atoms with Gasteiger partial charge in [-0.05, 0) is 48.9 Å². The summed E-state index contributed by atoms with van der Waals surface area (Å²) >= 11 is 1.51. The van der Waals surface area contributed by atoms with Gasteiger partial charge in [0.15, 0.2) is 0 Å². The average Bonchev–Trinajstić information content (AvgIpc) is 2.61. The molecule has 0 saturated heterocycles. The summed E-state index contributed by atoms with van der Waals surface area (Å²) in [5.74, 6) is 1.71. The van der Waals surface area contributed by atoms with E-state index >= 15 is 0 Å². The molecule has 6 heteroatoms. The van der Waals surface area contributed by atoms with Crippen LogP contribution in [0.1, 0.15) is 15.9 Å². The minimum Gasteiger partial charge on any atom is -0.493 e. The standard InChI is InChI=1S/C19H22N2O3S/c1-14-4-3-5-17(12-14)24-10-11-25-13-18(22)21-16-8-6-15(7-9-16)19(23)20-2/h3-9,12H,10-11,13H2,1-2H3,(H,20,23)(H,21,22). The van der Waals surface area contributed by atoms with Crippen LogP contribution in [0.5, 0.6) is 5.75 Å². The van der Waals surface area contributed by atoms with Gasteiger partial charge in [0.2, 0.25) is 5.91 Å². The van der Waals surface area contributed by atoms with Crippen LogP contribution in [0.25, 0.3) is 0 Å². The second kappa shape index (κ2) is 9.74. The first-order valence-electron chi connectivity index (χ1n) is 7.97. The lowest BCUT2D eigenvalue weighted by atomic mass is 10.2. The van der Waals surface area contributed by atoms with Gasteiger partial charge in [-0.3, -0.25) is 9.59 Å². The van der Waals surface area contributed by atoms with Gasteiger partial charge in [-0.25, -0.2) is 0 Å². The Kier molecular flexibility index (Phi) is 7.35. The van der Waals surface area contributed by atoms with Gasteiger partial charge in [0, 0.05) is 24.1 Å². The van der Waals surface area contributed by atoms with Crippen LogP contribution < -0.4 is 15.4 Å². The SMILES string of the molecule is CNC(=O)c1ccc(NC(=O)CSCCOc2cccc(C)c2)cc1. The highest BCUT2D eigenvalue weighted by Crippen LogP contribution is 2.13. The number of aryl methyl sites for hydroxylation is 1. The largest absolute Gasteiger partial charge is 0.493 e. The predicted molar refractivity (Wildman–Crippen MR) is 102 cm³/mol. The number of amides is 2. The van der Waals surface area contributed by atoms with Crippen molar-refractivity contribution in [3.05, 3.63) is 59.7 Å². The Labute approximate surface area is 152 Å². The summed E-state index contributed by atoms with van der Waals surface area (Å²) in [5, 5.41) is 5.36. The third-order valence-electron chi connectivity index (χ3n) is 3.38. The summed E-state index contributed by atoms with van der Waals surface area (Å²) in [4.78, 5) is 23.4. The number of thioether (sulfide) groups is 1. The molecule has 5 nitrogen and oxygen atoms in total. The lowest BCUT2D eigenvalue weighted by Gasteiger charge is -2.08. The minimum absolute atomic E-state index is 0.0757. The zero-order valence-corrected chi connectivity index (χ0v) is 15.2. The summed E-state index contributed by atoms with van der Waals surface area (Å²) in [6.45, 7) is 2.58. The molecule has 0 fully saturated rings. The van der Waals surface area contributed by atoms with Crippen LogP contribution in [0.4, 0.5) is 5.69 Å². The summed E-state index contributed by atoms with van der Waals surface area (Å²) in [6, 6.07) is 14.7. The van der Waals surface area contributed by atoms with Crippen molar-refractivity contribution in [3.63, 3.8) is 0 Å². The first-order valence-corrected chi connectivity index (χ1v) is 9.13. The summed E-state index contributed by atoms with van der Waals surface area (Å²) < 4.78 is 5.64. The fraction of sp³-hybridized carbons (Fsp3) is 0.263. The van der Waals surface area contributed by atoms with E-state index in [1.807, 2.05) is 31.2 Å². The van der Waals surface area contributed by atoms with Gasteiger partial charge in [-0.2, -0.15) is 0 Å². The summed E-state index contributed by atoms with van der Waals surface area (Å²) in [7, 11) is 1.58. The normalized spacial score (nSPS) is 10.2. The first kappa shape index (κ1) is 18.9. The van der Waals surface area contributed by atoms with Crippen molar-refractivity contribution in [1.29, 1.82) is 0 Å². The van der Waals surface area contributed by atoms with Gasteiger partial charge >= 0.3 is 0 Å². The number of anilines is 1. The van der Waals surface area contributed by atoms with Crippen molar-refractivity contribution < 1.29 is 14.3 Å². The molecule has 2 amide bonds. The van der Waals surface area contributed by atoms with Crippen molar-refractivity contribution in [2.75, 3.05) is 30.5 Å². The topological polar surface area (TPSA) is 67.4 Å². The molecule has 0 aliphatic rings. The fourth-order valence-corrected chi connectivity index (χ4v) is 2.74. The van der Waals surface area contributed by atoms with Crippen molar-refractivity contribution in [1.82, 2.24) is 5.32 Å². The molecule has 0 bridgehead atoms. The van der Waals surface area contributed by atoms with E-state index in [1.54, 1.807) is 31.3 Å². The number of hydrogen-bond acceptors (Lipinski definition) is 4. The van der Waals surface area contributed by atoms with Crippen LogP contribution >= 0.6 is 11.8 Å². The molecule has 0 atom stereocenters. The average molecular weight is 358 g/mol. The number of hydrogen-bond donors (Lipinski definition) is 2. The Morgan fingerprint density at radius 2 is 1.88 bits per heavy atom. The predicted octanol–water partition coefficient (Wildman–Crippen LogP) is 3.11. The van der Waals surface area contributed by atoms with Gasteiger partial charge in [-0.1, -0.05) is 12.1 Å². The van der Waals surface area contributed by atoms with E-state index in [1.165, 1.54) is 11.8 Å². The van der Waals surface area contributed by atoms with Crippen molar-refractivity contribution in [3.8, 4) is 5.75 Å². The number of nitrogens with one attached hydrogen (secondary N) is 2. The second-order valence-corrected chi connectivity index (χ2v) is 6.53. The Morgan fingerprint density at radius 3 is 2.56 bits per heavy atom. The molecule has 2 aromatic rings. The van der Waals surface area contributed by atoms with Gasteiger partial charge in [-0.15, -0.1) is 11.8 Å². The number of carbonyl (C=O) groups excluding carboxylic acids is 2. The van der Waals surface area contributed by atoms with Crippen molar-refractivity contribution >= 4 is 29.3 Å². The molecule has 0 spiro atoms. The molecule has 0 radical (unpaired) electrons. The number of rotatable bonds is 8. The molecular weight excluding hydrogens is 336 g/mol. The molecule has 0 aliphatic heterocycles. The van der Waals surface area contributed by atoms with E-state index < -0.39 is 0 Å². The molecule has 2 rings (SSSR count). The number of benzene rings is 2. The number of carbonyl (C=O) groups is 2. The Balaban J connectivity index is 1.66. The minimum atomic E-state index is -0.151. The molecule has 25 heavy (non-hydrogen) atoms. The van der Waals surface area contributed by atoms with Crippen LogP contribution in [0.2, 0.25) is 0 Å². The monoisotopic (exact) mass is 358 g/mol. The fourth-order valence-electron chi connectivity index (χ4n) is 2.13. The molecule has 0 unspecified atom stereocenters. The lowest BCUT2D eigenvalue weighted by molar-refractivity contribution is -0.113. The van der Waals surface area contributed by atoms with E-state index in [2.05, 4.69) is 10.6 Å². The molecule has 2 aromatic carbocycles. The van der Waals surface area contributed by atoms with E-state index in [0.29, 0.717) is 23.6 Å². The lowest BCUT2D eigenvalue weighted by Crippen LogP contribution is -2.18. The Morgan fingerprint density at radius 1 is 1.12 bits per heavy atom. The van der Waals surface area contributed by atoms with E-state index in [-0.39, 0.29) is 11.8 Å². The summed E-state index contributed by atoms with van der Waals surface area (Å²) in [6.07, 6.45) is 0. The maximum Gasteiger partial charge on any atom is 0.251 e. The van der Waals surface area contributed by atoms with Gasteiger partial charge < -0.3 is 15.4 Å².